The van der Waals surface area contributed by atoms with Crippen LogP contribution in [0.15, 0.2) is 0 Å². The first-order valence-corrected chi connectivity index (χ1v) is 8.83. The van der Waals surface area contributed by atoms with E-state index >= 15 is 0 Å². The molecular formula is C16H33NS. The van der Waals surface area contributed by atoms with Gasteiger partial charge in [-0.3, -0.25) is 4.90 Å². The Kier molecular flexibility index (Phi) is 7.70. The minimum absolute atomic E-state index is 0.399. The Balaban J connectivity index is 2.30. The van der Waals surface area contributed by atoms with E-state index in [4.69, 9.17) is 0 Å². The average molecular weight is 272 g/mol. The zero-order valence-electron chi connectivity index (χ0n) is 13.0. The van der Waals surface area contributed by atoms with Gasteiger partial charge < -0.3 is 0 Å². The molecule has 0 aromatic heterocycles. The van der Waals surface area contributed by atoms with Gasteiger partial charge in [-0.1, -0.05) is 59.8 Å². The lowest BCUT2D eigenvalue weighted by Crippen LogP contribution is -2.33. The van der Waals surface area contributed by atoms with Crippen LogP contribution in [0.5, 0.6) is 0 Å². The molecule has 1 nitrogen and oxygen atoms in total. The van der Waals surface area contributed by atoms with Gasteiger partial charge >= 0.3 is 0 Å². The van der Waals surface area contributed by atoms with Crippen LogP contribution in [0.4, 0.5) is 0 Å². The van der Waals surface area contributed by atoms with E-state index in [1.54, 1.807) is 0 Å². The zero-order valence-corrected chi connectivity index (χ0v) is 13.8. The van der Waals surface area contributed by atoms with E-state index < -0.39 is 0 Å². The highest BCUT2D eigenvalue weighted by molar-refractivity contribution is 8.01. The van der Waals surface area contributed by atoms with Crippen molar-refractivity contribution < 1.29 is 0 Å². The van der Waals surface area contributed by atoms with Gasteiger partial charge in [-0.25, -0.2) is 0 Å². The van der Waals surface area contributed by atoms with Gasteiger partial charge in [0.15, 0.2) is 0 Å². The van der Waals surface area contributed by atoms with Crippen LogP contribution in [0, 0.1) is 0 Å². The summed E-state index contributed by atoms with van der Waals surface area (Å²) < 4.78 is 0.399. The quantitative estimate of drug-likeness (QED) is 0.551. The van der Waals surface area contributed by atoms with Crippen LogP contribution < -0.4 is 0 Å². The number of unbranched alkanes of at least 4 members (excludes halogenated alkanes) is 4. The van der Waals surface area contributed by atoms with Crippen molar-refractivity contribution in [1.82, 2.24) is 4.90 Å². The topological polar surface area (TPSA) is 3.24 Å². The summed E-state index contributed by atoms with van der Waals surface area (Å²) in [5.41, 5.74) is 0. The lowest BCUT2D eigenvalue weighted by Gasteiger charge is -2.32. The molecule has 1 rings (SSSR count). The maximum atomic E-state index is 2.73. The first-order chi connectivity index (χ1) is 8.53. The molecule has 0 aromatic rings. The summed E-state index contributed by atoms with van der Waals surface area (Å²) in [6.07, 6.45) is 11.3. The molecule has 0 bridgehead atoms. The lowest BCUT2D eigenvalue weighted by atomic mass is 10.1. The van der Waals surface area contributed by atoms with Crippen molar-refractivity contribution in [2.45, 2.75) is 89.2 Å². The molecule has 0 amide bonds. The van der Waals surface area contributed by atoms with E-state index in [2.05, 4.69) is 44.4 Å². The molecule has 0 saturated carbocycles. The molecule has 18 heavy (non-hydrogen) atoms. The van der Waals surface area contributed by atoms with Crippen molar-refractivity contribution in [1.29, 1.82) is 0 Å². The Bertz CT molecular complexity index is 204. The number of hydrogen-bond donors (Lipinski definition) is 0. The van der Waals surface area contributed by atoms with Crippen molar-refractivity contribution in [2.75, 3.05) is 13.1 Å². The predicted molar refractivity (Wildman–Crippen MR) is 85.3 cm³/mol. The number of thioether (sulfide) groups is 1. The second-order valence-corrected chi connectivity index (χ2v) is 8.64. The Morgan fingerprint density at radius 1 is 1.00 bits per heavy atom. The standard InChI is InChI=1S/C16H33NS/c1-5-6-7-8-9-12-15(18-16(2,3)4)17-13-10-11-14-17/h15H,5-14H2,1-4H3. The second-order valence-electron chi connectivity index (χ2n) is 6.63. The van der Waals surface area contributed by atoms with Gasteiger partial charge in [0.05, 0.1) is 5.37 Å². The van der Waals surface area contributed by atoms with Crippen molar-refractivity contribution in [3.8, 4) is 0 Å². The fourth-order valence-electron chi connectivity index (χ4n) is 2.68. The average Bonchev–Trinajstić information content (AvgIpc) is 2.79. The molecule has 1 fully saturated rings. The third-order valence-corrected chi connectivity index (χ3v) is 5.11. The van der Waals surface area contributed by atoms with Crippen LogP contribution in [0.1, 0.15) is 79.1 Å². The lowest BCUT2D eigenvalue weighted by molar-refractivity contribution is 0.298. The number of hydrogen-bond acceptors (Lipinski definition) is 2. The van der Waals surface area contributed by atoms with Crippen LogP contribution in [-0.4, -0.2) is 28.1 Å². The van der Waals surface area contributed by atoms with Crippen LogP contribution in [0.25, 0.3) is 0 Å². The van der Waals surface area contributed by atoms with E-state index in [1.165, 1.54) is 64.5 Å². The van der Waals surface area contributed by atoms with Crippen molar-refractivity contribution in [3.63, 3.8) is 0 Å². The smallest absolute Gasteiger partial charge is 0.0562 e. The summed E-state index contributed by atoms with van der Waals surface area (Å²) in [5, 5.41) is 0.772. The first kappa shape index (κ1) is 16.4. The highest BCUT2D eigenvalue weighted by Crippen LogP contribution is 2.34. The van der Waals surface area contributed by atoms with E-state index in [0.717, 1.165) is 5.37 Å². The van der Waals surface area contributed by atoms with E-state index in [-0.39, 0.29) is 0 Å². The van der Waals surface area contributed by atoms with Gasteiger partial charge in [0, 0.05) is 4.75 Å². The van der Waals surface area contributed by atoms with E-state index in [9.17, 15) is 0 Å². The Morgan fingerprint density at radius 2 is 1.61 bits per heavy atom. The molecule has 1 heterocycles. The summed E-state index contributed by atoms with van der Waals surface area (Å²) in [6.45, 7) is 12.0. The second kappa shape index (κ2) is 8.47. The molecule has 0 spiro atoms. The van der Waals surface area contributed by atoms with Gasteiger partial charge in [0.25, 0.3) is 0 Å². The Hall–Kier alpha value is 0.310. The largest absolute Gasteiger partial charge is 0.291 e. The molecule has 0 aromatic carbocycles. The molecule has 1 aliphatic rings. The molecule has 1 aliphatic heterocycles. The number of likely N-dealkylation sites (tertiary alicyclic amines) is 1. The minimum Gasteiger partial charge on any atom is -0.291 e. The van der Waals surface area contributed by atoms with Crippen LogP contribution >= 0.6 is 11.8 Å². The normalized spacial score (nSPS) is 19.3. The molecule has 1 atom stereocenters. The molecule has 0 aliphatic carbocycles. The predicted octanol–water partition coefficient (Wildman–Crippen LogP) is 5.30. The SMILES string of the molecule is CCCCCCCC(SC(C)(C)C)N1CCCC1. The number of nitrogens with zero attached hydrogens (tertiary/aromatic N) is 1. The van der Waals surface area contributed by atoms with Crippen LogP contribution in [0.2, 0.25) is 0 Å². The van der Waals surface area contributed by atoms with E-state index in [0.29, 0.717) is 4.75 Å². The zero-order chi connectivity index (χ0) is 13.4. The van der Waals surface area contributed by atoms with Crippen LogP contribution in [-0.2, 0) is 0 Å². The van der Waals surface area contributed by atoms with E-state index in [1.807, 2.05) is 0 Å². The van der Waals surface area contributed by atoms with Gasteiger partial charge in [-0.15, -0.1) is 11.8 Å². The van der Waals surface area contributed by atoms with Crippen LogP contribution in [0.3, 0.4) is 0 Å². The highest BCUT2D eigenvalue weighted by Gasteiger charge is 2.26. The maximum Gasteiger partial charge on any atom is 0.0562 e. The van der Waals surface area contributed by atoms with Gasteiger partial charge in [-0.05, 0) is 32.4 Å². The first-order valence-electron chi connectivity index (χ1n) is 7.95. The van der Waals surface area contributed by atoms with Gasteiger partial charge in [-0.2, -0.15) is 0 Å². The molecule has 108 valence electrons. The van der Waals surface area contributed by atoms with Crippen molar-refractivity contribution in [2.24, 2.45) is 0 Å². The van der Waals surface area contributed by atoms with Crippen molar-refractivity contribution >= 4 is 11.8 Å². The molecule has 1 saturated heterocycles. The fraction of sp³-hybridized carbons (Fsp3) is 1.00. The third kappa shape index (κ3) is 7.04. The summed E-state index contributed by atoms with van der Waals surface area (Å²) in [4.78, 5) is 2.73. The summed E-state index contributed by atoms with van der Waals surface area (Å²) in [7, 11) is 0. The summed E-state index contributed by atoms with van der Waals surface area (Å²) in [5.74, 6) is 0. The molecule has 1 unspecified atom stereocenters. The molecular weight excluding hydrogens is 238 g/mol. The molecule has 2 heteroatoms. The van der Waals surface area contributed by atoms with Crippen molar-refractivity contribution in [3.05, 3.63) is 0 Å². The Labute approximate surface area is 119 Å². The number of rotatable bonds is 8. The summed E-state index contributed by atoms with van der Waals surface area (Å²) in [6, 6.07) is 0. The maximum absolute atomic E-state index is 2.73. The molecule has 0 radical (unpaired) electrons. The Morgan fingerprint density at radius 3 is 2.17 bits per heavy atom. The fourth-order valence-corrected chi connectivity index (χ4v) is 4.14. The molecule has 0 N–H and O–H groups in total. The highest BCUT2D eigenvalue weighted by atomic mass is 32.2. The summed E-state index contributed by atoms with van der Waals surface area (Å²) >= 11 is 2.19. The van der Waals surface area contributed by atoms with Gasteiger partial charge in [0.2, 0.25) is 0 Å². The third-order valence-electron chi connectivity index (χ3n) is 3.59. The minimum atomic E-state index is 0.399. The van der Waals surface area contributed by atoms with Gasteiger partial charge in [0.1, 0.15) is 0 Å². The monoisotopic (exact) mass is 271 g/mol.